The number of hydrogen-bond donors (Lipinski definition) is 1. The van der Waals surface area contributed by atoms with E-state index in [2.05, 4.69) is 5.32 Å². The Balaban J connectivity index is 1.36. The Morgan fingerprint density at radius 3 is 2.12 bits per heavy atom. The fraction of sp³-hybridized carbons (Fsp3) is 0.286. The van der Waals surface area contributed by atoms with Crippen molar-refractivity contribution in [3.8, 4) is 0 Å². The van der Waals surface area contributed by atoms with Gasteiger partial charge >= 0.3 is 5.97 Å². The van der Waals surface area contributed by atoms with Crippen LogP contribution in [0.4, 0.5) is 11.4 Å². The Bertz CT molecular complexity index is 1060. The molecule has 33 heavy (non-hydrogen) atoms. The molecular formula is C28H30N2O3. The Kier molecular flexibility index (Phi) is 6.78. The molecule has 1 aliphatic heterocycles. The first kappa shape index (κ1) is 22.6. The van der Waals surface area contributed by atoms with Crippen molar-refractivity contribution < 1.29 is 14.3 Å². The van der Waals surface area contributed by atoms with Crippen molar-refractivity contribution >= 4 is 23.3 Å². The summed E-state index contributed by atoms with van der Waals surface area (Å²) >= 11 is 0. The molecule has 5 heteroatoms. The van der Waals surface area contributed by atoms with Gasteiger partial charge in [0.1, 0.15) is 5.54 Å². The van der Waals surface area contributed by atoms with E-state index < -0.39 is 5.54 Å². The molecule has 0 aromatic heterocycles. The number of para-hydroxylation sites is 2. The molecule has 0 saturated heterocycles. The maximum Gasteiger partial charge on any atom is 0.306 e. The Hall–Kier alpha value is -3.60. The summed E-state index contributed by atoms with van der Waals surface area (Å²) in [4.78, 5) is 27.4. The third-order valence-electron chi connectivity index (χ3n) is 5.99. The summed E-state index contributed by atoms with van der Waals surface area (Å²) in [6.45, 7) is 4.53. The molecule has 0 spiro atoms. The number of anilines is 2. The maximum atomic E-state index is 13.0. The molecule has 3 aromatic rings. The Labute approximate surface area is 195 Å². The average Bonchev–Trinajstić information content (AvgIpc) is 2.83. The molecule has 0 bridgehead atoms. The van der Waals surface area contributed by atoms with Crippen LogP contribution in [0.2, 0.25) is 0 Å². The summed E-state index contributed by atoms with van der Waals surface area (Å²) in [7, 11) is 0. The highest BCUT2D eigenvalue weighted by Gasteiger charge is 2.38. The van der Waals surface area contributed by atoms with E-state index in [4.69, 9.17) is 4.74 Å². The van der Waals surface area contributed by atoms with Crippen molar-refractivity contribution in [2.24, 2.45) is 0 Å². The zero-order chi connectivity index (χ0) is 23.3. The van der Waals surface area contributed by atoms with Gasteiger partial charge in [-0.25, -0.2) is 0 Å². The zero-order valence-electron chi connectivity index (χ0n) is 19.2. The molecule has 4 rings (SSSR count). The normalized spacial score (nSPS) is 14.5. The second kappa shape index (κ2) is 9.90. The van der Waals surface area contributed by atoms with E-state index in [-0.39, 0.29) is 30.8 Å². The van der Waals surface area contributed by atoms with Gasteiger partial charge in [0.2, 0.25) is 0 Å². The van der Waals surface area contributed by atoms with Crippen LogP contribution in [0, 0.1) is 0 Å². The molecular weight excluding hydrogens is 412 g/mol. The van der Waals surface area contributed by atoms with Crippen molar-refractivity contribution in [2.45, 2.75) is 38.1 Å². The van der Waals surface area contributed by atoms with Crippen molar-refractivity contribution in [3.63, 3.8) is 0 Å². The third-order valence-corrected chi connectivity index (χ3v) is 5.99. The van der Waals surface area contributed by atoms with Gasteiger partial charge in [0, 0.05) is 12.5 Å². The maximum absolute atomic E-state index is 13.0. The summed E-state index contributed by atoms with van der Waals surface area (Å²) in [6, 6.07) is 27.8. The molecule has 0 unspecified atom stereocenters. The second-order valence-corrected chi connectivity index (χ2v) is 8.88. The largest absolute Gasteiger partial charge is 0.466 e. The lowest BCUT2D eigenvalue weighted by Crippen LogP contribution is -2.54. The topological polar surface area (TPSA) is 58.6 Å². The minimum Gasteiger partial charge on any atom is -0.466 e. The van der Waals surface area contributed by atoms with Crippen molar-refractivity contribution in [1.29, 1.82) is 0 Å². The van der Waals surface area contributed by atoms with Crippen LogP contribution in [-0.4, -0.2) is 30.6 Å². The first-order chi connectivity index (χ1) is 16.0. The van der Waals surface area contributed by atoms with Crippen LogP contribution in [0.3, 0.4) is 0 Å². The van der Waals surface area contributed by atoms with Gasteiger partial charge in [-0.3, -0.25) is 9.59 Å². The van der Waals surface area contributed by atoms with Crippen LogP contribution in [0.5, 0.6) is 0 Å². The van der Waals surface area contributed by atoms with Gasteiger partial charge in [0.25, 0.3) is 5.91 Å². The van der Waals surface area contributed by atoms with Crippen LogP contribution >= 0.6 is 0 Å². The molecule has 1 amide bonds. The van der Waals surface area contributed by atoms with Gasteiger partial charge in [-0.05, 0) is 43.5 Å². The number of carbonyl (C=O) groups excluding carboxylic acids is 2. The van der Waals surface area contributed by atoms with Crippen LogP contribution < -0.4 is 10.2 Å². The van der Waals surface area contributed by atoms with Gasteiger partial charge in [0.05, 0.1) is 24.4 Å². The number of nitrogens with one attached hydrogen (secondary N) is 1. The average molecular weight is 443 g/mol. The minimum atomic E-state index is -0.677. The summed E-state index contributed by atoms with van der Waals surface area (Å²) in [5, 5.41) is 3.30. The number of benzene rings is 3. The third kappa shape index (κ3) is 5.25. The molecule has 0 aliphatic carbocycles. The molecule has 170 valence electrons. The van der Waals surface area contributed by atoms with E-state index in [0.717, 1.165) is 22.5 Å². The zero-order valence-corrected chi connectivity index (χ0v) is 19.2. The van der Waals surface area contributed by atoms with Gasteiger partial charge in [-0.1, -0.05) is 72.8 Å². The molecule has 3 aromatic carbocycles. The quantitative estimate of drug-likeness (QED) is 0.376. The molecule has 0 radical (unpaired) electrons. The summed E-state index contributed by atoms with van der Waals surface area (Å²) < 4.78 is 5.59. The smallest absolute Gasteiger partial charge is 0.306 e. The molecule has 0 saturated carbocycles. The van der Waals surface area contributed by atoms with E-state index >= 15 is 0 Å². The Morgan fingerprint density at radius 1 is 0.909 bits per heavy atom. The van der Waals surface area contributed by atoms with Gasteiger partial charge in [-0.15, -0.1) is 0 Å². The number of fused-ring (bicyclic) bond motifs is 1. The standard InChI is InChI=1S/C28H30N2O3/c1-28(2)27(32)30(25-17-10-9-16-24(25)29-28)18-11-19-33-26(31)20-23(21-12-5-3-6-13-21)22-14-7-4-8-15-22/h3-10,12-17,23,29H,11,18-20H2,1-2H3. The molecule has 1 aliphatic rings. The SMILES string of the molecule is CC1(C)Nc2ccccc2N(CCCOC(=O)CC(c2ccccc2)c2ccccc2)C1=O. The van der Waals surface area contributed by atoms with Crippen LogP contribution in [-0.2, 0) is 14.3 Å². The van der Waals surface area contributed by atoms with E-state index in [1.165, 1.54) is 0 Å². The molecule has 0 fully saturated rings. The lowest BCUT2D eigenvalue weighted by atomic mass is 9.89. The lowest BCUT2D eigenvalue weighted by Gasteiger charge is -2.40. The number of amides is 1. The monoisotopic (exact) mass is 442 g/mol. The first-order valence-electron chi connectivity index (χ1n) is 11.4. The number of nitrogens with zero attached hydrogens (tertiary/aromatic N) is 1. The number of ether oxygens (including phenoxy) is 1. The molecule has 1 heterocycles. The van der Waals surface area contributed by atoms with Gasteiger partial charge in [0.15, 0.2) is 0 Å². The summed E-state index contributed by atoms with van der Waals surface area (Å²) in [5.41, 5.74) is 3.30. The minimum absolute atomic E-state index is 0.0146. The second-order valence-electron chi connectivity index (χ2n) is 8.88. The highest BCUT2D eigenvalue weighted by atomic mass is 16.5. The highest BCUT2D eigenvalue weighted by molar-refractivity contribution is 6.07. The summed E-state index contributed by atoms with van der Waals surface area (Å²) in [6.07, 6.45) is 0.847. The van der Waals surface area contributed by atoms with Crippen molar-refractivity contribution in [2.75, 3.05) is 23.4 Å². The lowest BCUT2D eigenvalue weighted by molar-refractivity contribution is -0.143. The van der Waals surface area contributed by atoms with E-state index in [1.807, 2.05) is 98.8 Å². The molecule has 5 nitrogen and oxygen atoms in total. The molecule has 0 atom stereocenters. The van der Waals surface area contributed by atoms with Gasteiger partial charge < -0.3 is 15.0 Å². The number of carbonyl (C=O) groups is 2. The fourth-order valence-corrected chi connectivity index (χ4v) is 4.31. The predicted octanol–water partition coefficient (Wildman–Crippen LogP) is 5.38. The van der Waals surface area contributed by atoms with E-state index in [1.54, 1.807) is 4.90 Å². The first-order valence-corrected chi connectivity index (χ1v) is 11.4. The van der Waals surface area contributed by atoms with Gasteiger partial charge in [-0.2, -0.15) is 0 Å². The highest BCUT2D eigenvalue weighted by Crippen LogP contribution is 2.35. The summed E-state index contributed by atoms with van der Waals surface area (Å²) in [5.74, 6) is -0.275. The van der Waals surface area contributed by atoms with Crippen LogP contribution in [0.1, 0.15) is 43.7 Å². The predicted molar refractivity (Wildman–Crippen MR) is 131 cm³/mol. The molecule has 1 N–H and O–H groups in total. The van der Waals surface area contributed by atoms with Crippen molar-refractivity contribution in [3.05, 3.63) is 96.1 Å². The van der Waals surface area contributed by atoms with E-state index in [0.29, 0.717) is 13.0 Å². The fourth-order valence-electron chi connectivity index (χ4n) is 4.31. The van der Waals surface area contributed by atoms with E-state index in [9.17, 15) is 9.59 Å². The van der Waals surface area contributed by atoms with Crippen molar-refractivity contribution in [1.82, 2.24) is 0 Å². The Morgan fingerprint density at radius 2 is 1.48 bits per heavy atom. The number of rotatable bonds is 8. The van der Waals surface area contributed by atoms with Crippen LogP contribution in [0.15, 0.2) is 84.9 Å². The number of esters is 1. The number of hydrogen-bond acceptors (Lipinski definition) is 4. The van der Waals surface area contributed by atoms with Crippen LogP contribution in [0.25, 0.3) is 0 Å².